The first-order valence-corrected chi connectivity index (χ1v) is 8.18. The molecule has 0 N–H and O–H groups in total. The van der Waals surface area contributed by atoms with Crippen LogP contribution < -0.4 is 0 Å². The van der Waals surface area contributed by atoms with Crippen LogP contribution in [0.2, 0.25) is 0 Å². The minimum Gasteiger partial charge on any atom is -0.330 e. The van der Waals surface area contributed by atoms with Crippen LogP contribution in [0.1, 0.15) is 15.2 Å². The maximum atomic E-state index is 12.7. The van der Waals surface area contributed by atoms with Crippen molar-refractivity contribution in [2.24, 2.45) is 0 Å². The van der Waals surface area contributed by atoms with Crippen molar-refractivity contribution in [2.75, 3.05) is 6.54 Å². The van der Waals surface area contributed by atoms with Crippen LogP contribution in [-0.2, 0) is 6.54 Å². The zero-order valence-electron chi connectivity index (χ0n) is 12.6. The Balaban J connectivity index is 1.78. The van der Waals surface area contributed by atoms with E-state index in [9.17, 15) is 4.79 Å². The summed E-state index contributed by atoms with van der Waals surface area (Å²) < 4.78 is 1.77. The second kappa shape index (κ2) is 7.07. The van der Waals surface area contributed by atoms with Crippen LogP contribution >= 0.6 is 11.3 Å². The highest BCUT2D eigenvalue weighted by Crippen LogP contribution is 2.16. The van der Waals surface area contributed by atoms with Gasteiger partial charge in [-0.25, -0.2) is 4.68 Å². The number of amides is 1. The molecule has 5 heteroatoms. The number of nitrogens with zero attached hydrogens (tertiary/aromatic N) is 3. The molecule has 1 amide bonds. The number of benzene rings is 1. The second-order valence-corrected chi connectivity index (χ2v) is 6.08. The summed E-state index contributed by atoms with van der Waals surface area (Å²) in [7, 11) is 0. The minimum atomic E-state index is 0.00492. The van der Waals surface area contributed by atoms with Crippen molar-refractivity contribution in [3.63, 3.8) is 0 Å². The first-order valence-electron chi connectivity index (χ1n) is 7.30. The van der Waals surface area contributed by atoms with Crippen LogP contribution in [0.15, 0.2) is 72.9 Å². The third-order valence-corrected chi connectivity index (χ3v) is 4.31. The predicted molar refractivity (Wildman–Crippen MR) is 92.8 cm³/mol. The molecule has 0 fully saturated rings. The number of carbonyl (C=O) groups is 1. The quantitative estimate of drug-likeness (QED) is 0.648. The van der Waals surface area contributed by atoms with Gasteiger partial charge in [0.05, 0.1) is 12.2 Å². The number of aromatic nitrogens is 2. The van der Waals surface area contributed by atoms with Crippen LogP contribution in [0.25, 0.3) is 5.69 Å². The van der Waals surface area contributed by atoms with Gasteiger partial charge < -0.3 is 4.90 Å². The van der Waals surface area contributed by atoms with Crippen molar-refractivity contribution in [2.45, 2.75) is 6.54 Å². The molecular formula is C18H17N3OS. The number of carbonyl (C=O) groups excluding carboxylic acids is 1. The van der Waals surface area contributed by atoms with Gasteiger partial charge in [0.15, 0.2) is 0 Å². The number of hydrogen-bond donors (Lipinski definition) is 0. The Morgan fingerprint density at radius 1 is 1.26 bits per heavy atom. The highest BCUT2D eigenvalue weighted by atomic mass is 32.1. The van der Waals surface area contributed by atoms with Gasteiger partial charge in [-0.15, -0.1) is 17.9 Å². The van der Waals surface area contributed by atoms with Gasteiger partial charge in [-0.3, -0.25) is 4.79 Å². The van der Waals surface area contributed by atoms with Gasteiger partial charge in [-0.05, 0) is 41.8 Å². The average molecular weight is 323 g/mol. The fraction of sp³-hybridized carbons (Fsp3) is 0.111. The monoisotopic (exact) mass is 323 g/mol. The molecule has 116 valence electrons. The fourth-order valence-electron chi connectivity index (χ4n) is 2.33. The van der Waals surface area contributed by atoms with Crippen LogP contribution in [-0.4, -0.2) is 27.1 Å². The third-order valence-electron chi connectivity index (χ3n) is 3.45. The molecule has 0 saturated heterocycles. The van der Waals surface area contributed by atoms with Crippen molar-refractivity contribution >= 4 is 17.2 Å². The lowest BCUT2D eigenvalue weighted by molar-refractivity contribution is 0.0764. The summed E-state index contributed by atoms with van der Waals surface area (Å²) in [6.07, 6.45) is 5.35. The van der Waals surface area contributed by atoms with Gasteiger partial charge in [-0.1, -0.05) is 12.1 Å². The van der Waals surface area contributed by atoms with E-state index in [4.69, 9.17) is 0 Å². The molecule has 0 atom stereocenters. The molecular weight excluding hydrogens is 306 g/mol. The van der Waals surface area contributed by atoms with E-state index in [0.29, 0.717) is 18.7 Å². The molecule has 2 aromatic heterocycles. The van der Waals surface area contributed by atoms with Gasteiger partial charge in [0.1, 0.15) is 0 Å². The van der Waals surface area contributed by atoms with Gasteiger partial charge >= 0.3 is 0 Å². The van der Waals surface area contributed by atoms with Crippen molar-refractivity contribution in [3.8, 4) is 5.69 Å². The standard InChI is InChI=1S/C18H17N3OS/c1-2-11-20(14-17-5-3-13-23-17)18(22)15-6-8-16(9-7-15)21-12-4-10-19-21/h2-10,12-13H,1,11,14H2. The molecule has 23 heavy (non-hydrogen) atoms. The molecule has 0 aliphatic carbocycles. The van der Waals surface area contributed by atoms with E-state index in [1.54, 1.807) is 33.2 Å². The summed E-state index contributed by atoms with van der Waals surface area (Å²) in [4.78, 5) is 15.7. The first-order chi connectivity index (χ1) is 11.3. The Hall–Kier alpha value is -2.66. The van der Waals surface area contributed by atoms with E-state index in [1.165, 1.54) is 0 Å². The largest absolute Gasteiger partial charge is 0.330 e. The lowest BCUT2D eigenvalue weighted by Gasteiger charge is -2.20. The van der Waals surface area contributed by atoms with Crippen molar-refractivity contribution in [1.82, 2.24) is 14.7 Å². The number of hydrogen-bond acceptors (Lipinski definition) is 3. The Labute approximate surface area is 139 Å². The molecule has 0 unspecified atom stereocenters. The van der Waals surface area contributed by atoms with E-state index in [1.807, 2.05) is 54.0 Å². The van der Waals surface area contributed by atoms with Crippen molar-refractivity contribution in [3.05, 3.63) is 83.3 Å². The molecule has 0 aliphatic rings. The first kappa shape index (κ1) is 15.2. The molecule has 3 aromatic rings. The molecule has 1 aromatic carbocycles. The average Bonchev–Trinajstić information content (AvgIpc) is 3.28. The normalized spacial score (nSPS) is 10.4. The van der Waals surface area contributed by atoms with E-state index in [2.05, 4.69) is 11.7 Å². The van der Waals surface area contributed by atoms with E-state index in [0.717, 1.165) is 10.6 Å². The molecule has 2 heterocycles. The van der Waals surface area contributed by atoms with Gasteiger partial charge in [0.2, 0.25) is 0 Å². The van der Waals surface area contributed by atoms with Crippen LogP contribution in [0.3, 0.4) is 0 Å². The Morgan fingerprint density at radius 2 is 2.09 bits per heavy atom. The van der Waals surface area contributed by atoms with Crippen LogP contribution in [0.5, 0.6) is 0 Å². The molecule has 0 radical (unpaired) electrons. The molecule has 0 spiro atoms. The van der Waals surface area contributed by atoms with Gasteiger partial charge in [0.25, 0.3) is 5.91 Å². The highest BCUT2D eigenvalue weighted by Gasteiger charge is 2.15. The molecule has 4 nitrogen and oxygen atoms in total. The summed E-state index contributed by atoms with van der Waals surface area (Å²) in [5.74, 6) is 0.00492. The van der Waals surface area contributed by atoms with E-state index < -0.39 is 0 Å². The zero-order chi connectivity index (χ0) is 16.1. The molecule has 0 saturated carbocycles. The number of rotatable bonds is 6. The Kier molecular flexibility index (Phi) is 4.68. The third kappa shape index (κ3) is 3.57. The molecule has 0 bridgehead atoms. The summed E-state index contributed by atoms with van der Waals surface area (Å²) in [5, 5.41) is 6.20. The smallest absolute Gasteiger partial charge is 0.254 e. The summed E-state index contributed by atoms with van der Waals surface area (Å²) in [6, 6.07) is 13.4. The summed E-state index contributed by atoms with van der Waals surface area (Å²) >= 11 is 1.65. The topological polar surface area (TPSA) is 38.1 Å². The highest BCUT2D eigenvalue weighted by molar-refractivity contribution is 7.09. The Morgan fingerprint density at radius 3 is 2.70 bits per heavy atom. The molecule has 3 rings (SSSR count). The van der Waals surface area contributed by atoms with E-state index >= 15 is 0 Å². The zero-order valence-corrected chi connectivity index (χ0v) is 13.4. The van der Waals surface area contributed by atoms with Crippen LogP contribution in [0.4, 0.5) is 0 Å². The molecule has 0 aliphatic heterocycles. The summed E-state index contributed by atoms with van der Waals surface area (Å²) in [5.41, 5.74) is 1.60. The van der Waals surface area contributed by atoms with Gasteiger partial charge in [0, 0.05) is 29.4 Å². The minimum absolute atomic E-state index is 0.00492. The Bertz CT molecular complexity index is 761. The lowest BCUT2D eigenvalue weighted by atomic mass is 10.1. The maximum absolute atomic E-state index is 12.7. The predicted octanol–water partition coefficient (Wildman–Crippen LogP) is 3.76. The maximum Gasteiger partial charge on any atom is 0.254 e. The van der Waals surface area contributed by atoms with Crippen molar-refractivity contribution in [1.29, 1.82) is 0 Å². The number of thiophene rings is 1. The van der Waals surface area contributed by atoms with E-state index in [-0.39, 0.29) is 5.91 Å². The fourth-order valence-corrected chi connectivity index (χ4v) is 3.05. The van der Waals surface area contributed by atoms with Crippen LogP contribution in [0, 0.1) is 0 Å². The lowest BCUT2D eigenvalue weighted by Crippen LogP contribution is -2.30. The van der Waals surface area contributed by atoms with Crippen molar-refractivity contribution < 1.29 is 4.79 Å². The summed E-state index contributed by atoms with van der Waals surface area (Å²) in [6.45, 7) is 4.88. The second-order valence-electron chi connectivity index (χ2n) is 5.05. The van der Waals surface area contributed by atoms with Gasteiger partial charge in [-0.2, -0.15) is 5.10 Å². The SMILES string of the molecule is C=CCN(Cc1cccs1)C(=O)c1ccc(-n2cccn2)cc1.